The zero-order chi connectivity index (χ0) is 14.0. The molecule has 0 aliphatic rings. The molecule has 0 bridgehead atoms. The van der Waals surface area contributed by atoms with Crippen LogP contribution >= 0.6 is 0 Å². The molecule has 1 N–H and O–H groups in total. The highest BCUT2D eigenvalue weighted by atomic mass is 16.6. The Labute approximate surface area is 108 Å². The number of carbonyl (C=O) groups is 1. The van der Waals surface area contributed by atoms with Gasteiger partial charge in [0.1, 0.15) is 0 Å². The molecule has 1 aromatic heterocycles. The Morgan fingerprint density at radius 3 is 2.95 bits per heavy atom. The van der Waals surface area contributed by atoms with Crippen molar-refractivity contribution in [2.24, 2.45) is 0 Å². The van der Waals surface area contributed by atoms with Gasteiger partial charge in [-0.3, -0.25) is 20.0 Å². The zero-order valence-electron chi connectivity index (χ0n) is 10.5. The molecule has 0 radical (unpaired) electrons. The van der Waals surface area contributed by atoms with E-state index >= 15 is 0 Å². The highest BCUT2D eigenvalue weighted by Crippen LogP contribution is 2.27. The summed E-state index contributed by atoms with van der Waals surface area (Å²) in [6.07, 6.45) is 0. The van der Waals surface area contributed by atoms with Crippen molar-refractivity contribution in [3.05, 3.63) is 34.0 Å². The molecule has 1 aromatic carbocycles. The minimum atomic E-state index is -0.549. The van der Waals surface area contributed by atoms with Gasteiger partial charge in [0.15, 0.2) is 0 Å². The number of rotatable bonds is 4. The Bertz CT molecular complexity index is 635. The van der Waals surface area contributed by atoms with Crippen molar-refractivity contribution < 1.29 is 14.5 Å². The van der Waals surface area contributed by atoms with Gasteiger partial charge in [0.25, 0.3) is 5.69 Å². The molecular weight excluding hydrogens is 250 g/mol. The average molecular weight is 263 g/mol. The third-order valence-electron chi connectivity index (χ3n) is 2.85. The lowest BCUT2D eigenvalue weighted by Gasteiger charge is -2.08. The number of hydrogen-bond donors (Lipinski definition) is 1. The van der Waals surface area contributed by atoms with Crippen LogP contribution in [-0.2, 0) is 9.53 Å². The SMILES string of the molecule is CCOC(=O)C(C)c1[nH]nc2ccc([N+](=O)[O-])cc12. The van der Waals surface area contributed by atoms with E-state index in [4.69, 9.17) is 4.74 Å². The van der Waals surface area contributed by atoms with Crippen LogP contribution in [0.15, 0.2) is 18.2 Å². The smallest absolute Gasteiger partial charge is 0.314 e. The normalized spacial score (nSPS) is 12.3. The molecule has 7 nitrogen and oxygen atoms in total. The lowest BCUT2D eigenvalue weighted by molar-refractivity contribution is -0.384. The first kappa shape index (κ1) is 13.0. The van der Waals surface area contributed by atoms with Crippen LogP contribution in [0.25, 0.3) is 10.9 Å². The van der Waals surface area contributed by atoms with Crippen molar-refractivity contribution >= 4 is 22.6 Å². The fraction of sp³-hybridized carbons (Fsp3) is 0.333. The summed E-state index contributed by atoms with van der Waals surface area (Å²) in [5.41, 5.74) is 1.07. The largest absolute Gasteiger partial charge is 0.465 e. The van der Waals surface area contributed by atoms with Gasteiger partial charge in [-0.15, -0.1) is 0 Å². The van der Waals surface area contributed by atoms with E-state index in [1.165, 1.54) is 12.1 Å². The molecule has 19 heavy (non-hydrogen) atoms. The number of ether oxygens (including phenoxy) is 1. The highest BCUT2D eigenvalue weighted by Gasteiger charge is 2.22. The molecule has 2 aromatic rings. The molecule has 0 saturated carbocycles. The molecule has 100 valence electrons. The Morgan fingerprint density at radius 1 is 1.58 bits per heavy atom. The fourth-order valence-electron chi connectivity index (χ4n) is 1.85. The van der Waals surface area contributed by atoms with Crippen LogP contribution in [0.5, 0.6) is 0 Å². The van der Waals surface area contributed by atoms with Gasteiger partial charge in [-0.05, 0) is 19.9 Å². The number of non-ortho nitro benzene ring substituents is 1. The van der Waals surface area contributed by atoms with E-state index in [2.05, 4.69) is 10.2 Å². The molecule has 1 heterocycles. The lowest BCUT2D eigenvalue weighted by atomic mass is 10.0. The van der Waals surface area contributed by atoms with Crippen LogP contribution in [-0.4, -0.2) is 27.7 Å². The zero-order valence-corrected chi connectivity index (χ0v) is 10.5. The number of hydrogen-bond acceptors (Lipinski definition) is 5. The van der Waals surface area contributed by atoms with Gasteiger partial charge in [0, 0.05) is 17.5 Å². The first-order valence-electron chi connectivity index (χ1n) is 5.83. The molecule has 0 aliphatic carbocycles. The van der Waals surface area contributed by atoms with E-state index in [0.29, 0.717) is 16.6 Å². The number of esters is 1. The van der Waals surface area contributed by atoms with Gasteiger partial charge < -0.3 is 4.74 Å². The molecule has 0 amide bonds. The summed E-state index contributed by atoms with van der Waals surface area (Å²) in [6.45, 7) is 3.68. The van der Waals surface area contributed by atoms with Gasteiger partial charge in [-0.25, -0.2) is 0 Å². The number of benzene rings is 1. The number of H-pyrrole nitrogens is 1. The minimum Gasteiger partial charge on any atom is -0.465 e. The van der Waals surface area contributed by atoms with Crippen LogP contribution in [0.2, 0.25) is 0 Å². The maximum Gasteiger partial charge on any atom is 0.314 e. The average Bonchev–Trinajstić information content (AvgIpc) is 2.80. The number of aromatic amines is 1. The minimum absolute atomic E-state index is 0.0359. The van der Waals surface area contributed by atoms with Gasteiger partial charge in [0.2, 0.25) is 0 Å². The van der Waals surface area contributed by atoms with Gasteiger partial charge in [0.05, 0.1) is 28.7 Å². The van der Waals surface area contributed by atoms with Crippen molar-refractivity contribution in [3.63, 3.8) is 0 Å². The number of nitro benzene ring substituents is 1. The molecule has 0 aliphatic heterocycles. The summed E-state index contributed by atoms with van der Waals surface area (Å²) in [5.74, 6) is -0.938. The monoisotopic (exact) mass is 263 g/mol. The lowest BCUT2D eigenvalue weighted by Crippen LogP contribution is -2.13. The van der Waals surface area contributed by atoms with Crippen molar-refractivity contribution in [1.82, 2.24) is 10.2 Å². The number of nitro groups is 1. The van der Waals surface area contributed by atoms with Crippen molar-refractivity contribution in [1.29, 1.82) is 0 Å². The molecule has 0 fully saturated rings. The Balaban J connectivity index is 2.46. The number of aromatic nitrogens is 2. The second kappa shape index (κ2) is 5.05. The third-order valence-corrected chi connectivity index (χ3v) is 2.85. The van der Waals surface area contributed by atoms with Crippen LogP contribution in [0, 0.1) is 10.1 Å². The third kappa shape index (κ3) is 2.40. The van der Waals surface area contributed by atoms with E-state index in [-0.39, 0.29) is 18.3 Å². The summed E-state index contributed by atoms with van der Waals surface area (Å²) < 4.78 is 4.93. The predicted octanol–water partition coefficient (Wildman–Crippen LogP) is 2.14. The molecule has 1 atom stereocenters. The number of fused-ring (bicyclic) bond motifs is 1. The Morgan fingerprint density at radius 2 is 2.32 bits per heavy atom. The van der Waals surface area contributed by atoms with Crippen LogP contribution in [0.3, 0.4) is 0 Å². The van der Waals surface area contributed by atoms with Crippen LogP contribution < -0.4 is 0 Å². The van der Waals surface area contributed by atoms with Gasteiger partial charge in [-0.1, -0.05) is 0 Å². The van der Waals surface area contributed by atoms with Crippen LogP contribution in [0.1, 0.15) is 25.5 Å². The predicted molar refractivity (Wildman–Crippen MR) is 67.8 cm³/mol. The maximum absolute atomic E-state index is 11.7. The molecule has 7 heteroatoms. The number of nitrogens with one attached hydrogen (secondary N) is 1. The summed E-state index contributed by atoms with van der Waals surface area (Å²) in [7, 11) is 0. The number of nitrogens with zero attached hydrogens (tertiary/aromatic N) is 2. The second-order valence-electron chi connectivity index (χ2n) is 4.07. The number of carbonyl (C=O) groups excluding carboxylic acids is 1. The maximum atomic E-state index is 11.7. The second-order valence-corrected chi connectivity index (χ2v) is 4.07. The van der Waals surface area contributed by atoms with Gasteiger partial charge in [-0.2, -0.15) is 5.10 Å². The van der Waals surface area contributed by atoms with Crippen molar-refractivity contribution in [2.75, 3.05) is 6.61 Å². The van der Waals surface area contributed by atoms with Crippen molar-refractivity contribution in [2.45, 2.75) is 19.8 Å². The Hall–Kier alpha value is -2.44. The molecule has 0 saturated heterocycles. The molecule has 1 unspecified atom stereocenters. The van der Waals surface area contributed by atoms with E-state index < -0.39 is 10.8 Å². The Kier molecular flexibility index (Phi) is 3.46. The summed E-state index contributed by atoms with van der Waals surface area (Å²) in [4.78, 5) is 22.0. The van der Waals surface area contributed by atoms with Crippen LogP contribution in [0.4, 0.5) is 5.69 Å². The van der Waals surface area contributed by atoms with E-state index in [9.17, 15) is 14.9 Å². The first-order chi connectivity index (χ1) is 9.04. The first-order valence-corrected chi connectivity index (χ1v) is 5.83. The summed E-state index contributed by atoms with van der Waals surface area (Å²) >= 11 is 0. The van der Waals surface area contributed by atoms with Crippen molar-refractivity contribution in [3.8, 4) is 0 Å². The van der Waals surface area contributed by atoms with Gasteiger partial charge >= 0.3 is 5.97 Å². The van der Waals surface area contributed by atoms with E-state index in [1.807, 2.05) is 0 Å². The molecule has 2 rings (SSSR count). The highest BCUT2D eigenvalue weighted by molar-refractivity contribution is 5.89. The summed E-state index contributed by atoms with van der Waals surface area (Å²) in [5, 5.41) is 18.1. The quantitative estimate of drug-likeness (QED) is 0.517. The topological polar surface area (TPSA) is 98.1 Å². The standard InChI is InChI=1S/C12H13N3O4/c1-3-19-12(16)7(2)11-9-6-8(15(17)18)4-5-10(9)13-14-11/h4-7H,3H2,1-2H3,(H,13,14). The molecular formula is C12H13N3O4. The van der Waals surface area contributed by atoms with E-state index in [1.54, 1.807) is 19.9 Å². The fourth-order valence-corrected chi connectivity index (χ4v) is 1.85. The molecule has 0 spiro atoms. The summed E-state index contributed by atoms with van der Waals surface area (Å²) in [6, 6.07) is 4.33. The van der Waals surface area contributed by atoms with E-state index in [0.717, 1.165) is 0 Å².